The van der Waals surface area contributed by atoms with Gasteiger partial charge in [-0.15, -0.1) is 0 Å². The van der Waals surface area contributed by atoms with Crippen molar-refractivity contribution in [1.29, 1.82) is 0 Å². The van der Waals surface area contributed by atoms with Crippen LogP contribution in [0.15, 0.2) is 0 Å². The zero-order valence-corrected chi connectivity index (χ0v) is 11.7. The van der Waals surface area contributed by atoms with Gasteiger partial charge in [-0.1, -0.05) is 38.5 Å². The van der Waals surface area contributed by atoms with Gasteiger partial charge in [-0.25, -0.2) is 0 Å². The lowest BCUT2D eigenvalue weighted by Crippen LogP contribution is -2.51. The van der Waals surface area contributed by atoms with E-state index in [-0.39, 0.29) is 18.0 Å². The van der Waals surface area contributed by atoms with E-state index in [2.05, 4.69) is 0 Å². The molecule has 2 N–H and O–H groups in total. The van der Waals surface area contributed by atoms with Gasteiger partial charge in [0.15, 0.2) is 0 Å². The van der Waals surface area contributed by atoms with Gasteiger partial charge in [0, 0.05) is 25.0 Å². The fourth-order valence-electron chi connectivity index (χ4n) is 3.60. The number of amides is 1. The maximum Gasteiger partial charge on any atom is 0.225 e. The fourth-order valence-corrected chi connectivity index (χ4v) is 3.60. The first-order chi connectivity index (χ1) is 8.70. The molecule has 2 fully saturated rings. The third kappa shape index (κ3) is 3.25. The minimum absolute atomic E-state index is 0.193. The molecule has 1 amide bonds. The molecule has 0 heterocycles. The Morgan fingerprint density at radius 1 is 0.944 bits per heavy atom. The molecule has 0 aromatic rings. The lowest BCUT2D eigenvalue weighted by atomic mass is 9.88. The van der Waals surface area contributed by atoms with Crippen molar-refractivity contribution in [2.45, 2.75) is 76.3 Å². The third-order valence-electron chi connectivity index (χ3n) is 4.83. The van der Waals surface area contributed by atoms with Crippen molar-refractivity contribution < 1.29 is 4.79 Å². The third-order valence-corrected chi connectivity index (χ3v) is 4.83. The van der Waals surface area contributed by atoms with E-state index >= 15 is 0 Å². The Bertz CT molecular complexity index is 272. The van der Waals surface area contributed by atoms with E-state index in [1.54, 1.807) is 0 Å². The van der Waals surface area contributed by atoms with Crippen LogP contribution in [-0.2, 0) is 4.79 Å². The summed E-state index contributed by atoms with van der Waals surface area (Å²) in [6.07, 6.45) is 11.8. The molecule has 2 unspecified atom stereocenters. The van der Waals surface area contributed by atoms with Crippen molar-refractivity contribution in [3.05, 3.63) is 0 Å². The van der Waals surface area contributed by atoms with Crippen LogP contribution in [0.25, 0.3) is 0 Å². The van der Waals surface area contributed by atoms with Gasteiger partial charge in [0.1, 0.15) is 0 Å². The number of hydrogen-bond acceptors (Lipinski definition) is 2. The van der Waals surface area contributed by atoms with Gasteiger partial charge in [-0.05, 0) is 25.7 Å². The Hall–Kier alpha value is -0.570. The zero-order valence-electron chi connectivity index (χ0n) is 11.7. The predicted molar refractivity (Wildman–Crippen MR) is 74.2 cm³/mol. The van der Waals surface area contributed by atoms with Crippen molar-refractivity contribution in [3.8, 4) is 0 Å². The highest BCUT2D eigenvalue weighted by Crippen LogP contribution is 2.27. The maximum atomic E-state index is 12.6. The monoisotopic (exact) mass is 252 g/mol. The normalized spacial score (nSPS) is 30.8. The van der Waals surface area contributed by atoms with Gasteiger partial charge in [-0.2, -0.15) is 0 Å². The van der Waals surface area contributed by atoms with Crippen LogP contribution >= 0.6 is 0 Å². The van der Waals surface area contributed by atoms with Crippen LogP contribution in [-0.4, -0.2) is 29.9 Å². The molecule has 3 nitrogen and oxygen atoms in total. The summed E-state index contributed by atoms with van der Waals surface area (Å²) >= 11 is 0. The Labute approximate surface area is 111 Å². The van der Waals surface area contributed by atoms with E-state index in [9.17, 15) is 4.79 Å². The van der Waals surface area contributed by atoms with Crippen LogP contribution < -0.4 is 5.73 Å². The summed E-state index contributed by atoms with van der Waals surface area (Å²) in [6, 6.07) is 0.480. The summed E-state index contributed by atoms with van der Waals surface area (Å²) in [5, 5.41) is 0. The quantitative estimate of drug-likeness (QED) is 0.768. The first-order valence-electron chi connectivity index (χ1n) is 7.72. The summed E-state index contributed by atoms with van der Waals surface area (Å²) in [4.78, 5) is 14.6. The molecule has 0 aliphatic heterocycles. The second kappa shape index (κ2) is 6.55. The van der Waals surface area contributed by atoms with Gasteiger partial charge in [0.2, 0.25) is 5.91 Å². The average Bonchev–Trinajstić information content (AvgIpc) is 2.66. The molecule has 104 valence electrons. The number of rotatable bonds is 2. The molecule has 2 rings (SSSR count). The number of nitrogens with zero attached hydrogens (tertiary/aromatic N) is 1. The van der Waals surface area contributed by atoms with Crippen molar-refractivity contribution in [2.75, 3.05) is 7.05 Å². The summed E-state index contributed by atoms with van der Waals surface area (Å²) in [5.74, 6) is 0.630. The molecular formula is C15H28N2O. The molecule has 2 aliphatic carbocycles. The van der Waals surface area contributed by atoms with Gasteiger partial charge in [0.25, 0.3) is 0 Å². The van der Waals surface area contributed by atoms with E-state index in [0.717, 1.165) is 25.7 Å². The highest BCUT2D eigenvalue weighted by atomic mass is 16.2. The largest absolute Gasteiger partial charge is 0.341 e. The fraction of sp³-hybridized carbons (Fsp3) is 0.933. The minimum atomic E-state index is 0.193. The van der Waals surface area contributed by atoms with Gasteiger partial charge in [-0.3, -0.25) is 4.79 Å². The first-order valence-corrected chi connectivity index (χ1v) is 7.72. The molecule has 18 heavy (non-hydrogen) atoms. The molecular weight excluding hydrogens is 224 g/mol. The molecule has 2 saturated carbocycles. The van der Waals surface area contributed by atoms with Crippen molar-refractivity contribution in [1.82, 2.24) is 4.90 Å². The molecule has 0 aromatic heterocycles. The molecule has 2 aliphatic rings. The average molecular weight is 252 g/mol. The molecule has 0 radical (unpaired) electrons. The Kier molecular flexibility index (Phi) is 5.04. The molecule has 0 aromatic carbocycles. The topological polar surface area (TPSA) is 46.3 Å². The smallest absolute Gasteiger partial charge is 0.225 e. The standard InChI is InChI=1S/C15H28N2O/c1-17(14-11-7-6-10-13(14)16)15(18)12-8-4-2-3-5-9-12/h12-14H,2-11,16H2,1H3. The van der Waals surface area contributed by atoms with E-state index in [1.165, 1.54) is 38.5 Å². The van der Waals surface area contributed by atoms with Crippen LogP contribution in [0.1, 0.15) is 64.2 Å². The van der Waals surface area contributed by atoms with Crippen LogP contribution in [0.4, 0.5) is 0 Å². The molecule has 3 heteroatoms. The van der Waals surface area contributed by atoms with Crippen LogP contribution in [0.2, 0.25) is 0 Å². The Balaban J connectivity index is 1.93. The summed E-state index contributed by atoms with van der Waals surface area (Å²) in [5.41, 5.74) is 6.18. The van der Waals surface area contributed by atoms with Gasteiger partial charge in [0.05, 0.1) is 0 Å². The van der Waals surface area contributed by atoms with Gasteiger partial charge < -0.3 is 10.6 Å². The molecule has 0 bridgehead atoms. The lowest BCUT2D eigenvalue weighted by Gasteiger charge is -2.37. The highest BCUT2D eigenvalue weighted by Gasteiger charge is 2.31. The van der Waals surface area contributed by atoms with Gasteiger partial charge >= 0.3 is 0 Å². The summed E-state index contributed by atoms with van der Waals surface area (Å²) in [7, 11) is 1.98. The van der Waals surface area contributed by atoms with E-state index in [4.69, 9.17) is 5.73 Å². The second-order valence-corrected chi connectivity index (χ2v) is 6.15. The SMILES string of the molecule is CN(C(=O)C1CCCCCC1)C1CCCCC1N. The minimum Gasteiger partial charge on any atom is -0.341 e. The maximum absolute atomic E-state index is 12.6. The highest BCUT2D eigenvalue weighted by molar-refractivity contribution is 5.79. The van der Waals surface area contributed by atoms with Crippen LogP contribution in [0.3, 0.4) is 0 Å². The van der Waals surface area contributed by atoms with Crippen LogP contribution in [0.5, 0.6) is 0 Å². The molecule has 0 saturated heterocycles. The number of hydrogen-bond donors (Lipinski definition) is 1. The first kappa shape index (κ1) is 13.9. The number of carbonyl (C=O) groups is 1. The van der Waals surface area contributed by atoms with Crippen LogP contribution in [0, 0.1) is 5.92 Å². The van der Waals surface area contributed by atoms with Crippen molar-refractivity contribution in [3.63, 3.8) is 0 Å². The summed E-state index contributed by atoms with van der Waals surface area (Å²) < 4.78 is 0. The Morgan fingerprint density at radius 2 is 1.50 bits per heavy atom. The summed E-state index contributed by atoms with van der Waals surface area (Å²) in [6.45, 7) is 0. The van der Waals surface area contributed by atoms with E-state index < -0.39 is 0 Å². The number of likely N-dealkylation sites (N-methyl/N-ethyl adjacent to an activating group) is 1. The van der Waals surface area contributed by atoms with Crippen molar-refractivity contribution in [2.24, 2.45) is 11.7 Å². The van der Waals surface area contributed by atoms with E-state index in [0.29, 0.717) is 5.91 Å². The Morgan fingerprint density at radius 3 is 2.11 bits per heavy atom. The second-order valence-electron chi connectivity index (χ2n) is 6.15. The molecule has 0 spiro atoms. The number of carbonyl (C=O) groups excluding carboxylic acids is 1. The van der Waals surface area contributed by atoms with Crippen molar-refractivity contribution >= 4 is 5.91 Å². The van der Waals surface area contributed by atoms with E-state index in [1.807, 2.05) is 11.9 Å². The predicted octanol–water partition coefficient (Wildman–Crippen LogP) is 2.69. The zero-order chi connectivity index (χ0) is 13.0. The lowest BCUT2D eigenvalue weighted by molar-refractivity contribution is -0.137. The molecule has 2 atom stereocenters. The number of nitrogens with two attached hydrogens (primary N) is 1.